The standard InChI is InChI=1S/C26H27N3O5S/c1-34-24-10-6-5-9-22(24)29-35(32,33)21-15-11-19(12-16-21)25(30)28-23(26(31)27-20-13-14-20)17-18-7-3-2-4-8-18/h2-12,15-16,20,23,29H,13-14,17H2,1H3,(H,27,31)(H,28,30). The zero-order valence-corrected chi connectivity index (χ0v) is 20.0. The van der Waals surface area contributed by atoms with Crippen molar-refractivity contribution in [3.8, 4) is 5.75 Å². The number of ether oxygens (including phenoxy) is 1. The monoisotopic (exact) mass is 493 g/mol. The number of para-hydroxylation sites is 2. The number of nitrogens with one attached hydrogen (secondary N) is 3. The lowest BCUT2D eigenvalue weighted by Crippen LogP contribution is -2.48. The Balaban J connectivity index is 1.46. The van der Waals surface area contributed by atoms with E-state index >= 15 is 0 Å². The number of benzene rings is 3. The van der Waals surface area contributed by atoms with Crippen LogP contribution in [-0.2, 0) is 21.2 Å². The molecule has 0 heterocycles. The van der Waals surface area contributed by atoms with Crippen molar-refractivity contribution in [1.82, 2.24) is 10.6 Å². The minimum Gasteiger partial charge on any atom is -0.495 e. The Labute approximate surface area is 204 Å². The summed E-state index contributed by atoms with van der Waals surface area (Å²) < 4.78 is 33.3. The number of rotatable bonds is 10. The van der Waals surface area contributed by atoms with Gasteiger partial charge in [0.25, 0.3) is 15.9 Å². The van der Waals surface area contributed by atoms with Crippen molar-refractivity contribution in [2.45, 2.75) is 36.2 Å². The van der Waals surface area contributed by atoms with Crippen LogP contribution >= 0.6 is 0 Å². The van der Waals surface area contributed by atoms with E-state index in [0.717, 1.165) is 18.4 Å². The number of methoxy groups -OCH3 is 1. The Kier molecular flexibility index (Phi) is 7.36. The van der Waals surface area contributed by atoms with Gasteiger partial charge in [0, 0.05) is 18.0 Å². The summed E-state index contributed by atoms with van der Waals surface area (Å²) in [6, 6.07) is 21.1. The predicted molar refractivity (Wildman–Crippen MR) is 133 cm³/mol. The van der Waals surface area contributed by atoms with Crippen LogP contribution < -0.4 is 20.1 Å². The van der Waals surface area contributed by atoms with E-state index in [2.05, 4.69) is 15.4 Å². The molecule has 35 heavy (non-hydrogen) atoms. The average Bonchev–Trinajstić information content (AvgIpc) is 3.68. The second-order valence-electron chi connectivity index (χ2n) is 8.33. The van der Waals surface area contributed by atoms with Crippen molar-refractivity contribution in [2.75, 3.05) is 11.8 Å². The summed E-state index contributed by atoms with van der Waals surface area (Å²) in [6.07, 6.45) is 2.23. The summed E-state index contributed by atoms with van der Waals surface area (Å²) in [5.74, 6) is -0.301. The van der Waals surface area contributed by atoms with Crippen molar-refractivity contribution in [2.24, 2.45) is 0 Å². The zero-order chi connectivity index (χ0) is 24.8. The molecule has 0 saturated heterocycles. The second-order valence-corrected chi connectivity index (χ2v) is 10.0. The fourth-order valence-corrected chi connectivity index (χ4v) is 4.62. The molecule has 3 aromatic carbocycles. The van der Waals surface area contributed by atoms with Crippen LogP contribution in [-0.4, -0.2) is 39.4 Å². The molecule has 1 unspecified atom stereocenters. The van der Waals surface area contributed by atoms with Gasteiger partial charge in [0.05, 0.1) is 17.7 Å². The zero-order valence-electron chi connectivity index (χ0n) is 19.2. The van der Waals surface area contributed by atoms with Crippen LogP contribution in [0, 0.1) is 0 Å². The highest BCUT2D eigenvalue weighted by Crippen LogP contribution is 2.26. The first-order chi connectivity index (χ1) is 16.9. The van der Waals surface area contributed by atoms with Gasteiger partial charge in [-0.15, -0.1) is 0 Å². The molecule has 9 heteroatoms. The number of carbonyl (C=O) groups excluding carboxylic acids is 2. The Morgan fingerprint density at radius 2 is 1.60 bits per heavy atom. The van der Waals surface area contributed by atoms with Crippen molar-refractivity contribution < 1.29 is 22.7 Å². The molecule has 0 aromatic heterocycles. The Morgan fingerprint density at radius 1 is 0.943 bits per heavy atom. The fraction of sp³-hybridized carbons (Fsp3) is 0.231. The maximum absolute atomic E-state index is 12.9. The van der Waals surface area contributed by atoms with Gasteiger partial charge in [0.1, 0.15) is 11.8 Å². The van der Waals surface area contributed by atoms with Crippen molar-refractivity contribution in [1.29, 1.82) is 0 Å². The third-order valence-corrected chi connectivity index (χ3v) is 6.99. The van der Waals surface area contributed by atoms with Crippen LogP contribution in [0.25, 0.3) is 0 Å². The van der Waals surface area contributed by atoms with Crippen LogP contribution in [0.1, 0.15) is 28.8 Å². The van der Waals surface area contributed by atoms with E-state index in [4.69, 9.17) is 4.74 Å². The van der Waals surface area contributed by atoms with Crippen LogP contribution in [0.2, 0.25) is 0 Å². The summed E-state index contributed by atoms with van der Waals surface area (Å²) in [5.41, 5.74) is 1.48. The molecule has 8 nitrogen and oxygen atoms in total. The number of hydrogen-bond acceptors (Lipinski definition) is 5. The topological polar surface area (TPSA) is 114 Å². The molecular weight excluding hydrogens is 466 g/mol. The molecule has 1 aliphatic carbocycles. The minimum atomic E-state index is -3.90. The maximum atomic E-state index is 12.9. The highest BCUT2D eigenvalue weighted by atomic mass is 32.2. The molecule has 182 valence electrons. The Hall–Kier alpha value is -3.85. The number of sulfonamides is 1. The summed E-state index contributed by atoms with van der Waals surface area (Å²) in [6.45, 7) is 0. The molecule has 1 aliphatic rings. The quantitative estimate of drug-likeness (QED) is 0.402. The molecule has 0 spiro atoms. The lowest BCUT2D eigenvalue weighted by atomic mass is 10.0. The lowest BCUT2D eigenvalue weighted by Gasteiger charge is -2.19. The van der Waals surface area contributed by atoms with Gasteiger partial charge in [-0.1, -0.05) is 42.5 Å². The number of anilines is 1. The molecule has 3 N–H and O–H groups in total. The first kappa shape index (κ1) is 24.3. The number of hydrogen-bond donors (Lipinski definition) is 3. The van der Waals surface area contributed by atoms with Crippen LogP contribution in [0.4, 0.5) is 5.69 Å². The predicted octanol–water partition coefficient (Wildman–Crippen LogP) is 3.12. The summed E-state index contributed by atoms with van der Waals surface area (Å²) >= 11 is 0. The largest absolute Gasteiger partial charge is 0.495 e. The molecule has 0 aliphatic heterocycles. The van der Waals surface area contributed by atoms with E-state index in [-0.39, 0.29) is 22.4 Å². The van der Waals surface area contributed by atoms with E-state index in [0.29, 0.717) is 17.9 Å². The maximum Gasteiger partial charge on any atom is 0.262 e. The Morgan fingerprint density at radius 3 is 2.26 bits per heavy atom. The Bertz CT molecular complexity index is 1290. The van der Waals surface area contributed by atoms with Crippen molar-refractivity contribution in [3.05, 3.63) is 90.0 Å². The average molecular weight is 494 g/mol. The van der Waals surface area contributed by atoms with Gasteiger partial charge in [-0.2, -0.15) is 0 Å². The molecule has 3 aromatic rings. The second kappa shape index (κ2) is 10.6. The highest BCUT2D eigenvalue weighted by molar-refractivity contribution is 7.92. The van der Waals surface area contributed by atoms with E-state index in [1.165, 1.54) is 31.4 Å². The van der Waals surface area contributed by atoms with Gasteiger partial charge in [0.2, 0.25) is 5.91 Å². The summed E-state index contributed by atoms with van der Waals surface area (Å²) in [4.78, 5) is 25.7. The van der Waals surface area contributed by atoms with Crippen LogP contribution in [0.3, 0.4) is 0 Å². The van der Waals surface area contributed by atoms with Crippen LogP contribution in [0.15, 0.2) is 83.8 Å². The van der Waals surface area contributed by atoms with Crippen molar-refractivity contribution in [3.63, 3.8) is 0 Å². The SMILES string of the molecule is COc1ccccc1NS(=O)(=O)c1ccc(C(=O)NC(Cc2ccccc2)C(=O)NC2CC2)cc1. The van der Waals surface area contributed by atoms with Gasteiger partial charge in [-0.25, -0.2) is 8.42 Å². The van der Waals surface area contributed by atoms with E-state index < -0.39 is 22.0 Å². The van der Waals surface area contributed by atoms with Gasteiger partial charge in [-0.3, -0.25) is 14.3 Å². The third kappa shape index (κ3) is 6.39. The molecule has 1 fully saturated rings. The normalized spacial score (nSPS) is 14.0. The molecule has 1 saturated carbocycles. The number of amides is 2. The minimum absolute atomic E-state index is 0.00716. The van der Waals surface area contributed by atoms with E-state index in [1.54, 1.807) is 24.3 Å². The molecular formula is C26H27N3O5S. The summed E-state index contributed by atoms with van der Waals surface area (Å²) in [5, 5.41) is 5.74. The summed E-state index contributed by atoms with van der Waals surface area (Å²) in [7, 11) is -2.44. The smallest absolute Gasteiger partial charge is 0.262 e. The first-order valence-corrected chi connectivity index (χ1v) is 12.7. The molecule has 4 rings (SSSR count). The van der Waals surface area contributed by atoms with Gasteiger partial charge >= 0.3 is 0 Å². The van der Waals surface area contributed by atoms with E-state index in [9.17, 15) is 18.0 Å². The van der Waals surface area contributed by atoms with E-state index in [1.807, 2.05) is 30.3 Å². The highest BCUT2D eigenvalue weighted by Gasteiger charge is 2.29. The first-order valence-electron chi connectivity index (χ1n) is 11.3. The van der Waals surface area contributed by atoms with Crippen LogP contribution in [0.5, 0.6) is 5.75 Å². The number of carbonyl (C=O) groups is 2. The molecule has 2 amide bonds. The third-order valence-electron chi connectivity index (χ3n) is 5.61. The molecule has 1 atom stereocenters. The lowest BCUT2D eigenvalue weighted by molar-refractivity contribution is -0.123. The molecule has 0 bridgehead atoms. The molecule has 0 radical (unpaired) electrons. The fourth-order valence-electron chi connectivity index (χ4n) is 3.55. The van der Waals surface area contributed by atoms with Gasteiger partial charge in [-0.05, 0) is 54.8 Å². The van der Waals surface area contributed by atoms with Crippen molar-refractivity contribution >= 4 is 27.5 Å². The van der Waals surface area contributed by atoms with Gasteiger partial charge < -0.3 is 15.4 Å². The van der Waals surface area contributed by atoms with Gasteiger partial charge in [0.15, 0.2) is 0 Å².